The van der Waals surface area contributed by atoms with E-state index in [1.807, 2.05) is 31.2 Å². The van der Waals surface area contributed by atoms with Crippen molar-refractivity contribution in [1.82, 2.24) is 0 Å². The topological polar surface area (TPSA) is 53.6 Å². The van der Waals surface area contributed by atoms with Crippen molar-refractivity contribution in [1.29, 1.82) is 0 Å². The minimum absolute atomic E-state index is 0.00944. The van der Waals surface area contributed by atoms with Crippen LogP contribution < -0.4 is 0 Å². The number of furan rings is 1. The molecule has 18 heavy (non-hydrogen) atoms. The minimum atomic E-state index is -0.00944. The number of aromatic hydroxyl groups is 2. The van der Waals surface area contributed by atoms with Crippen LogP contribution in [0.4, 0.5) is 0 Å². The molecular formula is C15H12O3. The van der Waals surface area contributed by atoms with Crippen molar-refractivity contribution in [3.63, 3.8) is 0 Å². The predicted octanol–water partition coefficient (Wildman–Crippen LogP) is 3.82. The van der Waals surface area contributed by atoms with E-state index >= 15 is 0 Å². The number of hydrogen-bond acceptors (Lipinski definition) is 3. The molecule has 0 saturated carbocycles. The Morgan fingerprint density at radius 1 is 1.00 bits per heavy atom. The largest absolute Gasteiger partial charge is 0.508 e. The Morgan fingerprint density at radius 3 is 2.44 bits per heavy atom. The maximum absolute atomic E-state index is 9.92. The summed E-state index contributed by atoms with van der Waals surface area (Å²) in [6.45, 7) is 2.02. The highest BCUT2D eigenvalue weighted by molar-refractivity contribution is 5.99. The fourth-order valence-corrected chi connectivity index (χ4v) is 2.08. The van der Waals surface area contributed by atoms with Crippen molar-refractivity contribution in [2.75, 3.05) is 0 Å². The lowest BCUT2D eigenvalue weighted by Gasteiger charge is -2.01. The molecule has 2 aromatic carbocycles. The highest BCUT2D eigenvalue weighted by Crippen LogP contribution is 2.38. The summed E-state index contributed by atoms with van der Waals surface area (Å²) in [5, 5.41) is 19.9. The highest BCUT2D eigenvalue weighted by atomic mass is 16.3. The lowest BCUT2D eigenvalue weighted by atomic mass is 10.0. The normalized spacial score (nSPS) is 10.9. The van der Waals surface area contributed by atoms with Crippen molar-refractivity contribution in [3.8, 4) is 22.6 Å². The summed E-state index contributed by atoms with van der Waals surface area (Å²) in [6, 6.07) is 10.8. The van der Waals surface area contributed by atoms with E-state index in [-0.39, 0.29) is 11.5 Å². The van der Waals surface area contributed by atoms with Crippen molar-refractivity contribution >= 4 is 11.0 Å². The van der Waals surface area contributed by atoms with Crippen LogP contribution in [0.3, 0.4) is 0 Å². The zero-order chi connectivity index (χ0) is 12.7. The van der Waals surface area contributed by atoms with Gasteiger partial charge in [0.05, 0.1) is 11.6 Å². The van der Waals surface area contributed by atoms with Crippen LogP contribution >= 0.6 is 0 Å². The molecule has 3 heteroatoms. The van der Waals surface area contributed by atoms with Crippen LogP contribution in [0.1, 0.15) is 5.56 Å². The third-order valence-electron chi connectivity index (χ3n) is 3.00. The average Bonchev–Trinajstić information content (AvgIpc) is 2.74. The zero-order valence-electron chi connectivity index (χ0n) is 9.84. The molecule has 0 radical (unpaired) electrons. The molecule has 3 rings (SSSR count). The van der Waals surface area contributed by atoms with Crippen LogP contribution in [0.5, 0.6) is 11.5 Å². The second kappa shape index (κ2) is 3.81. The predicted molar refractivity (Wildman–Crippen MR) is 69.7 cm³/mol. The maximum Gasteiger partial charge on any atom is 0.141 e. The monoisotopic (exact) mass is 240 g/mol. The summed E-state index contributed by atoms with van der Waals surface area (Å²) in [6.07, 6.45) is 1.59. The van der Waals surface area contributed by atoms with E-state index in [2.05, 4.69) is 0 Å². The number of phenolic OH excluding ortho intramolecular Hbond substituents is 2. The van der Waals surface area contributed by atoms with E-state index in [0.717, 1.165) is 11.1 Å². The SMILES string of the molecule is Cc1ccc(-c2coc3cc(O)cc(O)c23)cc1. The van der Waals surface area contributed by atoms with Crippen molar-refractivity contribution in [2.24, 2.45) is 0 Å². The summed E-state index contributed by atoms with van der Waals surface area (Å²) in [5.74, 6) is 0.0131. The van der Waals surface area contributed by atoms with E-state index in [1.165, 1.54) is 17.7 Å². The van der Waals surface area contributed by atoms with Crippen LogP contribution in [-0.4, -0.2) is 10.2 Å². The second-order valence-corrected chi connectivity index (χ2v) is 4.35. The first-order chi connectivity index (χ1) is 8.65. The van der Waals surface area contributed by atoms with Gasteiger partial charge in [0.2, 0.25) is 0 Å². The van der Waals surface area contributed by atoms with Crippen LogP contribution in [0, 0.1) is 6.92 Å². The van der Waals surface area contributed by atoms with E-state index < -0.39 is 0 Å². The van der Waals surface area contributed by atoms with Gasteiger partial charge in [-0.3, -0.25) is 0 Å². The number of rotatable bonds is 1. The number of benzene rings is 2. The zero-order valence-corrected chi connectivity index (χ0v) is 9.84. The Kier molecular flexibility index (Phi) is 2.27. The first kappa shape index (κ1) is 10.7. The Morgan fingerprint density at radius 2 is 1.72 bits per heavy atom. The summed E-state index contributed by atoms with van der Waals surface area (Å²) in [4.78, 5) is 0. The molecule has 3 aromatic rings. The Labute approximate surface area is 104 Å². The molecule has 0 bridgehead atoms. The van der Waals surface area contributed by atoms with Crippen molar-refractivity contribution in [3.05, 3.63) is 48.2 Å². The third-order valence-corrected chi connectivity index (χ3v) is 3.00. The number of aryl methyl sites for hydroxylation is 1. The molecule has 0 amide bonds. The van der Waals surface area contributed by atoms with E-state index in [4.69, 9.17) is 4.42 Å². The van der Waals surface area contributed by atoms with Gasteiger partial charge in [-0.15, -0.1) is 0 Å². The molecule has 0 unspecified atom stereocenters. The Bertz CT molecular complexity index is 708. The van der Waals surface area contributed by atoms with Gasteiger partial charge in [0.1, 0.15) is 17.1 Å². The summed E-state index contributed by atoms with van der Waals surface area (Å²) in [7, 11) is 0. The maximum atomic E-state index is 9.92. The first-order valence-corrected chi connectivity index (χ1v) is 5.65. The number of hydrogen-bond donors (Lipinski definition) is 2. The van der Waals surface area contributed by atoms with Crippen LogP contribution in [0.15, 0.2) is 47.1 Å². The van der Waals surface area contributed by atoms with Crippen LogP contribution in [0.25, 0.3) is 22.1 Å². The van der Waals surface area contributed by atoms with Gasteiger partial charge in [-0.1, -0.05) is 29.8 Å². The standard InChI is InChI=1S/C15H12O3/c1-9-2-4-10(5-3-9)12-8-18-14-7-11(16)6-13(17)15(12)14/h2-8,16-17H,1H3. The summed E-state index contributed by atoms with van der Waals surface area (Å²) in [5.41, 5.74) is 3.44. The van der Waals surface area contributed by atoms with Gasteiger partial charge in [-0.05, 0) is 12.5 Å². The van der Waals surface area contributed by atoms with Crippen LogP contribution in [-0.2, 0) is 0 Å². The summed E-state index contributed by atoms with van der Waals surface area (Å²) >= 11 is 0. The van der Waals surface area contributed by atoms with Crippen LogP contribution in [0.2, 0.25) is 0 Å². The van der Waals surface area contributed by atoms with Gasteiger partial charge in [-0.25, -0.2) is 0 Å². The number of fused-ring (bicyclic) bond motifs is 1. The quantitative estimate of drug-likeness (QED) is 0.679. The Balaban J connectivity index is 2.27. The third kappa shape index (κ3) is 1.61. The molecule has 0 atom stereocenters. The lowest BCUT2D eigenvalue weighted by Crippen LogP contribution is -1.77. The molecule has 0 fully saturated rings. The summed E-state index contributed by atoms with van der Waals surface area (Å²) < 4.78 is 5.38. The lowest BCUT2D eigenvalue weighted by molar-refractivity contribution is 0.453. The van der Waals surface area contributed by atoms with Gasteiger partial charge in [0.25, 0.3) is 0 Å². The fourth-order valence-electron chi connectivity index (χ4n) is 2.08. The van der Waals surface area contributed by atoms with Gasteiger partial charge >= 0.3 is 0 Å². The van der Waals surface area contributed by atoms with Gasteiger partial charge < -0.3 is 14.6 Å². The molecule has 0 aliphatic heterocycles. The molecule has 3 nitrogen and oxygen atoms in total. The molecule has 0 aliphatic carbocycles. The molecule has 0 saturated heterocycles. The smallest absolute Gasteiger partial charge is 0.141 e. The molecule has 2 N–H and O–H groups in total. The second-order valence-electron chi connectivity index (χ2n) is 4.35. The molecule has 1 aromatic heterocycles. The minimum Gasteiger partial charge on any atom is -0.508 e. The van der Waals surface area contributed by atoms with Crippen molar-refractivity contribution < 1.29 is 14.6 Å². The molecule has 0 aliphatic rings. The van der Waals surface area contributed by atoms with E-state index in [9.17, 15) is 10.2 Å². The molecule has 1 heterocycles. The van der Waals surface area contributed by atoms with Crippen molar-refractivity contribution in [2.45, 2.75) is 6.92 Å². The van der Waals surface area contributed by atoms with Gasteiger partial charge in [-0.2, -0.15) is 0 Å². The highest BCUT2D eigenvalue weighted by Gasteiger charge is 2.13. The van der Waals surface area contributed by atoms with Gasteiger partial charge in [0.15, 0.2) is 0 Å². The Hall–Kier alpha value is -2.42. The molecule has 90 valence electrons. The van der Waals surface area contributed by atoms with E-state index in [0.29, 0.717) is 11.0 Å². The molecular weight excluding hydrogens is 228 g/mol. The fraction of sp³-hybridized carbons (Fsp3) is 0.0667. The first-order valence-electron chi connectivity index (χ1n) is 5.65. The van der Waals surface area contributed by atoms with Gasteiger partial charge in [0, 0.05) is 17.7 Å². The van der Waals surface area contributed by atoms with E-state index in [1.54, 1.807) is 6.26 Å². The number of phenols is 2. The molecule has 0 spiro atoms. The average molecular weight is 240 g/mol.